The molecule has 1 aliphatic rings. The predicted octanol–water partition coefficient (Wildman–Crippen LogP) is 2.97. The Morgan fingerprint density at radius 3 is 3.00 bits per heavy atom. The van der Waals surface area contributed by atoms with Gasteiger partial charge in [0.2, 0.25) is 0 Å². The number of benzene rings is 1. The van der Waals surface area contributed by atoms with Crippen LogP contribution in [0.25, 0.3) is 10.9 Å². The second kappa shape index (κ2) is 5.34. The molecule has 1 N–H and O–H groups in total. The number of hydrogen-bond donors (Lipinski definition) is 1. The maximum atomic E-state index is 12.1. The van der Waals surface area contributed by atoms with Crippen LogP contribution in [-0.2, 0) is 18.3 Å². The molecule has 1 fully saturated rings. The molecule has 0 aliphatic carbocycles. The minimum atomic E-state index is 0.122. The van der Waals surface area contributed by atoms with Crippen molar-refractivity contribution in [1.82, 2.24) is 9.88 Å². The van der Waals surface area contributed by atoms with E-state index < -0.39 is 0 Å². The van der Waals surface area contributed by atoms with Crippen LogP contribution in [-0.4, -0.2) is 23.4 Å². The number of piperidine rings is 1. The van der Waals surface area contributed by atoms with Gasteiger partial charge in [0.1, 0.15) is 5.78 Å². The van der Waals surface area contributed by atoms with Crippen molar-refractivity contribution in [3.05, 3.63) is 33.9 Å². The van der Waals surface area contributed by atoms with Crippen molar-refractivity contribution in [2.45, 2.75) is 19.8 Å². The maximum absolute atomic E-state index is 12.1. The molecule has 3 rings (SSSR count). The van der Waals surface area contributed by atoms with Gasteiger partial charge in [-0.1, -0.05) is 22.0 Å². The van der Waals surface area contributed by atoms with E-state index in [0.717, 1.165) is 24.0 Å². The van der Waals surface area contributed by atoms with Crippen LogP contribution in [0.15, 0.2) is 22.7 Å². The monoisotopic (exact) mass is 334 g/mol. The fraction of sp³-hybridized carbons (Fsp3) is 0.438. The summed E-state index contributed by atoms with van der Waals surface area (Å²) >= 11 is 3.53. The molecule has 1 atom stereocenters. The van der Waals surface area contributed by atoms with Crippen LogP contribution < -0.4 is 5.32 Å². The zero-order valence-corrected chi connectivity index (χ0v) is 13.5. The lowest BCUT2D eigenvalue weighted by Gasteiger charge is -2.21. The summed E-state index contributed by atoms with van der Waals surface area (Å²) in [7, 11) is 2.09. The lowest BCUT2D eigenvalue weighted by Crippen LogP contribution is -2.38. The third kappa shape index (κ3) is 2.31. The molecular weight excluding hydrogens is 316 g/mol. The number of rotatable bonds is 2. The van der Waals surface area contributed by atoms with Crippen molar-refractivity contribution in [3.8, 4) is 0 Å². The van der Waals surface area contributed by atoms with Crippen LogP contribution in [0.2, 0.25) is 0 Å². The number of ketones is 1. The summed E-state index contributed by atoms with van der Waals surface area (Å²) in [5.74, 6) is 0.522. The van der Waals surface area contributed by atoms with Crippen molar-refractivity contribution in [1.29, 1.82) is 0 Å². The summed E-state index contributed by atoms with van der Waals surface area (Å²) in [6.07, 6.45) is 1.51. The van der Waals surface area contributed by atoms with Gasteiger partial charge in [-0.05, 0) is 31.0 Å². The molecule has 0 radical (unpaired) electrons. The number of fused-ring (bicyclic) bond motifs is 1. The number of carbonyl (C=O) groups is 1. The third-order valence-electron chi connectivity index (χ3n) is 4.43. The molecule has 0 saturated carbocycles. The van der Waals surface area contributed by atoms with Crippen molar-refractivity contribution < 1.29 is 4.79 Å². The molecular formula is C16H19BrN2O. The molecule has 1 aromatic heterocycles. The van der Waals surface area contributed by atoms with Crippen LogP contribution in [0.5, 0.6) is 0 Å². The van der Waals surface area contributed by atoms with Crippen molar-refractivity contribution in [2.24, 2.45) is 13.0 Å². The lowest BCUT2D eigenvalue weighted by molar-refractivity contribution is -0.123. The SMILES string of the molecule is Cc1c(CC2CNCCC2=O)c2ccc(Br)cc2n1C. The number of carbonyl (C=O) groups excluding carboxylic acids is 1. The molecule has 0 spiro atoms. The van der Waals surface area contributed by atoms with Gasteiger partial charge in [-0.3, -0.25) is 4.79 Å². The maximum Gasteiger partial charge on any atom is 0.138 e. The summed E-state index contributed by atoms with van der Waals surface area (Å²) in [6, 6.07) is 6.38. The Bertz CT molecular complexity index is 675. The van der Waals surface area contributed by atoms with E-state index in [9.17, 15) is 4.79 Å². The number of nitrogens with zero attached hydrogens (tertiary/aromatic N) is 1. The molecule has 0 amide bonds. The van der Waals surface area contributed by atoms with Crippen LogP contribution >= 0.6 is 15.9 Å². The minimum Gasteiger partial charge on any atom is -0.348 e. The summed E-state index contributed by atoms with van der Waals surface area (Å²) in [6.45, 7) is 3.78. The van der Waals surface area contributed by atoms with Gasteiger partial charge in [0, 0.05) is 53.5 Å². The molecule has 2 aromatic rings. The molecule has 1 aromatic carbocycles. The smallest absolute Gasteiger partial charge is 0.138 e. The van der Waals surface area contributed by atoms with Crippen LogP contribution in [0, 0.1) is 12.8 Å². The van der Waals surface area contributed by atoms with Crippen molar-refractivity contribution in [2.75, 3.05) is 13.1 Å². The number of hydrogen-bond acceptors (Lipinski definition) is 2. The van der Waals surface area contributed by atoms with Crippen molar-refractivity contribution in [3.63, 3.8) is 0 Å². The second-order valence-electron chi connectivity index (χ2n) is 5.61. The Hall–Kier alpha value is -1.13. The van der Waals surface area contributed by atoms with E-state index in [1.165, 1.54) is 22.2 Å². The fourth-order valence-electron chi connectivity index (χ4n) is 3.11. The lowest BCUT2D eigenvalue weighted by atomic mass is 9.90. The number of Topliss-reactive ketones (excluding diaryl/α,β-unsaturated/α-hetero) is 1. The molecule has 106 valence electrons. The van der Waals surface area contributed by atoms with E-state index >= 15 is 0 Å². The second-order valence-corrected chi connectivity index (χ2v) is 6.52. The molecule has 2 heterocycles. The summed E-state index contributed by atoms with van der Waals surface area (Å²) in [5.41, 5.74) is 3.80. The fourth-order valence-corrected chi connectivity index (χ4v) is 3.46. The quantitative estimate of drug-likeness (QED) is 0.916. The van der Waals surface area contributed by atoms with Gasteiger partial charge in [0.25, 0.3) is 0 Å². The average Bonchev–Trinajstić information content (AvgIpc) is 2.66. The average molecular weight is 335 g/mol. The van der Waals surface area contributed by atoms with Gasteiger partial charge in [-0.25, -0.2) is 0 Å². The van der Waals surface area contributed by atoms with Gasteiger partial charge >= 0.3 is 0 Å². The highest BCUT2D eigenvalue weighted by Crippen LogP contribution is 2.30. The number of aryl methyl sites for hydroxylation is 1. The molecule has 3 nitrogen and oxygen atoms in total. The molecule has 1 unspecified atom stereocenters. The Balaban J connectivity index is 2.02. The van der Waals surface area contributed by atoms with E-state index in [1.54, 1.807) is 0 Å². The van der Waals surface area contributed by atoms with Crippen LogP contribution in [0.3, 0.4) is 0 Å². The van der Waals surface area contributed by atoms with E-state index in [1.807, 2.05) is 0 Å². The third-order valence-corrected chi connectivity index (χ3v) is 4.92. The van der Waals surface area contributed by atoms with E-state index in [0.29, 0.717) is 12.2 Å². The number of nitrogens with one attached hydrogen (secondary N) is 1. The predicted molar refractivity (Wildman–Crippen MR) is 85.0 cm³/mol. The normalized spacial score (nSPS) is 19.8. The highest BCUT2D eigenvalue weighted by atomic mass is 79.9. The molecule has 0 bridgehead atoms. The highest BCUT2D eigenvalue weighted by molar-refractivity contribution is 9.10. The van der Waals surface area contributed by atoms with E-state index in [4.69, 9.17) is 0 Å². The van der Waals surface area contributed by atoms with Gasteiger partial charge in [-0.2, -0.15) is 0 Å². The first-order chi connectivity index (χ1) is 9.58. The standard InChI is InChI=1S/C16H19BrN2O/c1-10-14(7-11-9-18-6-5-16(11)20)13-4-3-12(17)8-15(13)19(10)2/h3-4,8,11,18H,5-7,9H2,1-2H3. The number of aromatic nitrogens is 1. The van der Waals surface area contributed by atoms with Gasteiger partial charge in [0.15, 0.2) is 0 Å². The largest absolute Gasteiger partial charge is 0.348 e. The zero-order valence-electron chi connectivity index (χ0n) is 11.9. The Morgan fingerprint density at radius 2 is 2.25 bits per heavy atom. The first-order valence-corrected chi connectivity index (χ1v) is 7.84. The van der Waals surface area contributed by atoms with Gasteiger partial charge in [0.05, 0.1) is 0 Å². The summed E-state index contributed by atoms with van der Waals surface area (Å²) in [5, 5.41) is 4.60. The first kappa shape index (κ1) is 13.8. The van der Waals surface area contributed by atoms with Crippen LogP contribution in [0.4, 0.5) is 0 Å². The van der Waals surface area contributed by atoms with E-state index in [2.05, 4.69) is 58.0 Å². The summed E-state index contributed by atoms with van der Waals surface area (Å²) < 4.78 is 3.31. The topological polar surface area (TPSA) is 34.0 Å². The Morgan fingerprint density at radius 1 is 1.45 bits per heavy atom. The number of halogens is 1. The zero-order chi connectivity index (χ0) is 14.3. The Labute approximate surface area is 127 Å². The molecule has 20 heavy (non-hydrogen) atoms. The van der Waals surface area contributed by atoms with Crippen LogP contribution in [0.1, 0.15) is 17.7 Å². The molecule has 1 aliphatic heterocycles. The van der Waals surface area contributed by atoms with Gasteiger partial charge in [-0.15, -0.1) is 0 Å². The van der Waals surface area contributed by atoms with Gasteiger partial charge < -0.3 is 9.88 Å². The molecule has 1 saturated heterocycles. The van der Waals surface area contributed by atoms with Crippen molar-refractivity contribution >= 4 is 32.6 Å². The highest BCUT2D eigenvalue weighted by Gasteiger charge is 2.24. The minimum absolute atomic E-state index is 0.122. The van der Waals surface area contributed by atoms with E-state index in [-0.39, 0.29) is 5.92 Å². The Kier molecular flexibility index (Phi) is 3.69. The molecule has 4 heteroatoms. The summed E-state index contributed by atoms with van der Waals surface area (Å²) in [4.78, 5) is 12.1. The first-order valence-electron chi connectivity index (χ1n) is 7.04.